The van der Waals surface area contributed by atoms with Crippen molar-refractivity contribution < 1.29 is 27.5 Å². The van der Waals surface area contributed by atoms with Gasteiger partial charge >= 0.3 is 6.18 Å². The van der Waals surface area contributed by atoms with Crippen molar-refractivity contribution in [1.29, 1.82) is 5.26 Å². The predicted octanol–water partition coefficient (Wildman–Crippen LogP) is 3.89. The van der Waals surface area contributed by atoms with E-state index in [9.17, 15) is 28.0 Å². The van der Waals surface area contributed by atoms with Crippen LogP contribution < -0.4 is 15.0 Å². The fourth-order valence-corrected chi connectivity index (χ4v) is 4.48. The minimum absolute atomic E-state index is 0.00394. The quantitative estimate of drug-likeness (QED) is 0.540. The molecule has 1 unspecified atom stereocenters. The molecule has 2 aromatic carbocycles. The van der Waals surface area contributed by atoms with Crippen LogP contribution >= 0.6 is 11.8 Å². The molecule has 6 nitrogen and oxygen atoms in total. The highest BCUT2D eigenvalue weighted by Crippen LogP contribution is 2.42. The number of hydrogen-bond acceptors (Lipinski definition) is 5. The summed E-state index contributed by atoms with van der Waals surface area (Å²) >= 11 is 0.976. The summed E-state index contributed by atoms with van der Waals surface area (Å²) in [5.74, 6) is -0.559. The Morgan fingerprint density at radius 2 is 1.94 bits per heavy atom. The standard InChI is InChI=1S/C22H18F3N3O3S/c1-27-19(29)17(12-26)21-28(15-6-8-16(31-2)9-7-15)20(30)18(32-21)11-13-4-3-5-14(10-13)22(23,24)25/h3-10,18H,11H2,1-2H3,(H,27,29)/b21-17-. The molecule has 0 bridgehead atoms. The van der Waals surface area contributed by atoms with Crippen molar-refractivity contribution in [2.75, 3.05) is 19.1 Å². The number of anilines is 1. The zero-order chi connectivity index (χ0) is 23.5. The minimum atomic E-state index is -4.50. The molecule has 0 radical (unpaired) electrons. The van der Waals surface area contributed by atoms with Crippen molar-refractivity contribution in [3.63, 3.8) is 0 Å². The van der Waals surface area contributed by atoms with Gasteiger partial charge in [-0.25, -0.2) is 0 Å². The van der Waals surface area contributed by atoms with Crippen molar-refractivity contribution in [2.24, 2.45) is 0 Å². The third-order valence-electron chi connectivity index (χ3n) is 4.74. The number of benzene rings is 2. The molecule has 0 spiro atoms. The number of ether oxygens (including phenoxy) is 1. The van der Waals surface area contributed by atoms with E-state index < -0.39 is 28.8 Å². The molecule has 1 saturated heterocycles. The maximum atomic E-state index is 13.3. The van der Waals surface area contributed by atoms with Gasteiger partial charge in [0, 0.05) is 12.7 Å². The molecule has 0 saturated carbocycles. The topological polar surface area (TPSA) is 82.4 Å². The molecule has 1 fully saturated rings. The summed E-state index contributed by atoms with van der Waals surface area (Å²) in [7, 11) is 2.85. The molecule has 2 amide bonds. The molecule has 1 aliphatic rings. The SMILES string of the molecule is CNC(=O)/C(C#N)=C1\SC(Cc2cccc(C(F)(F)F)c2)C(=O)N1c1ccc(OC)cc1. The van der Waals surface area contributed by atoms with Crippen molar-refractivity contribution in [3.05, 3.63) is 70.3 Å². The number of methoxy groups -OCH3 is 1. The minimum Gasteiger partial charge on any atom is -0.497 e. The van der Waals surface area contributed by atoms with E-state index in [1.807, 2.05) is 6.07 Å². The van der Waals surface area contributed by atoms with Crippen LogP contribution in [-0.4, -0.2) is 31.2 Å². The average molecular weight is 461 g/mol. The van der Waals surface area contributed by atoms with E-state index in [1.165, 1.54) is 31.2 Å². The number of nitriles is 1. The summed E-state index contributed by atoms with van der Waals surface area (Å²) in [6.07, 6.45) is -4.51. The van der Waals surface area contributed by atoms with E-state index >= 15 is 0 Å². The lowest BCUT2D eigenvalue weighted by molar-refractivity contribution is -0.137. The van der Waals surface area contributed by atoms with Gasteiger partial charge in [-0.15, -0.1) is 0 Å². The van der Waals surface area contributed by atoms with Crippen molar-refractivity contribution >= 4 is 29.3 Å². The highest BCUT2D eigenvalue weighted by Gasteiger charge is 2.41. The number of carbonyl (C=O) groups is 2. The third-order valence-corrected chi connectivity index (χ3v) is 6.00. The summed E-state index contributed by atoms with van der Waals surface area (Å²) in [5.41, 5.74) is -0.342. The second kappa shape index (κ2) is 9.36. The Morgan fingerprint density at radius 3 is 2.50 bits per heavy atom. The van der Waals surface area contributed by atoms with Crippen LogP contribution in [0.3, 0.4) is 0 Å². The van der Waals surface area contributed by atoms with Gasteiger partial charge in [-0.1, -0.05) is 30.0 Å². The lowest BCUT2D eigenvalue weighted by Gasteiger charge is -2.19. The number of thioether (sulfide) groups is 1. The van der Waals surface area contributed by atoms with Gasteiger partial charge in [-0.2, -0.15) is 18.4 Å². The van der Waals surface area contributed by atoms with Crippen LogP contribution in [0, 0.1) is 11.3 Å². The predicted molar refractivity (Wildman–Crippen MR) is 114 cm³/mol. The molecule has 3 rings (SSSR count). The molecule has 2 aromatic rings. The van der Waals surface area contributed by atoms with Gasteiger partial charge < -0.3 is 10.1 Å². The maximum Gasteiger partial charge on any atom is 0.416 e. The zero-order valence-corrected chi connectivity index (χ0v) is 17.9. The molecule has 0 aliphatic carbocycles. The Hall–Kier alpha value is -3.45. The number of halogens is 3. The smallest absolute Gasteiger partial charge is 0.416 e. The number of nitrogens with zero attached hydrogens (tertiary/aromatic N) is 2. The molecule has 0 aromatic heterocycles. The molecule has 10 heteroatoms. The van der Waals surface area contributed by atoms with E-state index in [4.69, 9.17) is 4.74 Å². The first kappa shape index (κ1) is 23.2. The van der Waals surface area contributed by atoms with E-state index in [-0.39, 0.29) is 17.0 Å². The van der Waals surface area contributed by atoms with Gasteiger partial charge in [0.15, 0.2) is 0 Å². The highest BCUT2D eigenvalue weighted by atomic mass is 32.2. The van der Waals surface area contributed by atoms with Crippen LogP contribution in [0.1, 0.15) is 11.1 Å². The lowest BCUT2D eigenvalue weighted by Crippen LogP contribution is -2.31. The van der Waals surface area contributed by atoms with Crippen LogP contribution in [0.15, 0.2) is 59.1 Å². The van der Waals surface area contributed by atoms with Gasteiger partial charge in [0.1, 0.15) is 22.4 Å². The Labute approximate surface area is 186 Å². The molecular weight excluding hydrogens is 443 g/mol. The van der Waals surface area contributed by atoms with Gasteiger partial charge in [-0.05, 0) is 42.3 Å². The average Bonchev–Trinajstić information content (AvgIpc) is 3.09. The van der Waals surface area contributed by atoms with E-state index in [0.29, 0.717) is 17.0 Å². The molecular formula is C22H18F3N3O3S. The van der Waals surface area contributed by atoms with Gasteiger partial charge in [0.25, 0.3) is 5.91 Å². The van der Waals surface area contributed by atoms with Gasteiger partial charge in [-0.3, -0.25) is 14.5 Å². The Bertz CT molecular complexity index is 1110. The second-order valence-electron chi connectivity index (χ2n) is 6.75. The van der Waals surface area contributed by atoms with E-state index in [2.05, 4.69) is 5.32 Å². The maximum absolute atomic E-state index is 13.3. The molecule has 1 atom stereocenters. The highest BCUT2D eigenvalue weighted by molar-refractivity contribution is 8.05. The summed E-state index contributed by atoms with van der Waals surface area (Å²) in [6.45, 7) is 0. The fraction of sp³-hybridized carbons (Fsp3) is 0.227. The number of alkyl halides is 3. The first-order chi connectivity index (χ1) is 15.2. The summed E-state index contributed by atoms with van der Waals surface area (Å²) in [6, 6.07) is 13.0. The summed E-state index contributed by atoms with van der Waals surface area (Å²) < 4.78 is 44.3. The van der Waals surface area contributed by atoms with Crippen LogP contribution in [0.5, 0.6) is 5.75 Å². The van der Waals surface area contributed by atoms with Crippen LogP contribution in [0.4, 0.5) is 18.9 Å². The van der Waals surface area contributed by atoms with Crippen LogP contribution in [0.2, 0.25) is 0 Å². The number of carbonyl (C=O) groups excluding carboxylic acids is 2. The Morgan fingerprint density at radius 1 is 1.25 bits per heavy atom. The van der Waals surface area contributed by atoms with Crippen molar-refractivity contribution in [3.8, 4) is 11.8 Å². The summed E-state index contributed by atoms with van der Waals surface area (Å²) in [5, 5.41) is 11.2. The monoisotopic (exact) mass is 461 g/mol. The largest absolute Gasteiger partial charge is 0.497 e. The Balaban J connectivity index is 2.02. The zero-order valence-electron chi connectivity index (χ0n) is 17.1. The molecule has 166 valence electrons. The number of amides is 2. The number of nitrogens with one attached hydrogen (secondary N) is 1. The molecule has 1 N–H and O–H groups in total. The van der Waals surface area contributed by atoms with Gasteiger partial charge in [0.2, 0.25) is 5.91 Å². The first-order valence-electron chi connectivity index (χ1n) is 9.37. The van der Waals surface area contributed by atoms with Crippen LogP contribution in [-0.2, 0) is 22.2 Å². The van der Waals surface area contributed by atoms with Crippen molar-refractivity contribution in [2.45, 2.75) is 17.8 Å². The normalized spacial score (nSPS) is 17.7. The number of likely N-dealkylation sites (N-methyl/N-ethyl adjacent to an activating group) is 1. The first-order valence-corrected chi connectivity index (χ1v) is 10.2. The second-order valence-corrected chi connectivity index (χ2v) is 7.94. The number of hydrogen-bond donors (Lipinski definition) is 1. The number of rotatable bonds is 5. The van der Waals surface area contributed by atoms with Gasteiger partial charge in [0.05, 0.1) is 17.9 Å². The molecule has 1 heterocycles. The van der Waals surface area contributed by atoms with E-state index in [1.54, 1.807) is 24.3 Å². The van der Waals surface area contributed by atoms with Crippen molar-refractivity contribution in [1.82, 2.24) is 5.32 Å². The third kappa shape index (κ3) is 4.73. The molecule has 1 aliphatic heterocycles. The molecule has 32 heavy (non-hydrogen) atoms. The Kier molecular flexibility index (Phi) is 6.79. The lowest BCUT2D eigenvalue weighted by atomic mass is 10.1. The summed E-state index contributed by atoms with van der Waals surface area (Å²) in [4.78, 5) is 26.8. The fourth-order valence-electron chi connectivity index (χ4n) is 3.17. The van der Waals surface area contributed by atoms with E-state index in [0.717, 1.165) is 23.9 Å². The van der Waals surface area contributed by atoms with Crippen LogP contribution in [0.25, 0.3) is 0 Å².